The fourth-order valence-corrected chi connectivity index (χ4v) is 7.99. The number of nitrogens with zero attached hydrogens (tertiary/aromatic N) is 4. The number of piperidine rings is 1. The summed E-state index contributed by atoms with van der Waals surface area (Å²) in [5.74, 6) is 1.27. The summed E-state index contributed by atoms with van der Waals surface area (Å²) in [5.41, 5.74) is 3.11. The molecule has 4 heterocycles. The van der Waals surface area contributed by atoms with Crippen LogP contribution in [0.1, 0.15) is 87.5 Å². The van der Waals surface area contributed by atoms with Crippen molar-refractivity contribution in [2.45, 2.75) is 102 Å². The lowest BCUT2D eigenvalue weighted by Crippen LogP contribution is -2.50. The molecule has 9 heteroatoms. The molecule has 1 aromatic carbocycles. The molecular formula is C32H45N5O4. The first-order valence-corrected chi connectivity index (χ1v) is 15.7. The Hall–Kier alpha value is -3.07. The van der Waals surface area contributed by atoms with Crippen LogP contribution in [0.3, 0.4) is 0 Å². The molecule has 1 aromatic heterocycles. The van der Waals surface area contributed by atoms with E-state index < -0.39 is 0 Å². The van der Waals surface area contributed by atoms with Crippen molar-refractivity contribution in [3.8, 4) is 0 Å². The summed E-state index contributed by atoms with van der Waals surface area (Å²) < 4.78 is 11.2. The van der Waals surface area contributed by atoms with Crippen molar-refractivity contribution in [2.24, 2.45) is 5.92 Å². The molecule has 2 saturated heterocycles. The minimum atomic E-state index is -0.253. The van der Waals surface area contributed by atoms with Gasteiger partial charge < -0.3 is 14.5 Å². The summed E-state index contributed by atoms with van der Waals surface area (Å²) in [4.78, 5) is 40.8. The zero-order valence-corrected chi connectivity index (χ0v) is 24.6. The second kappa shape index (κ2) is 12.4. The molecule has 4 atom stereocenters. The summed E-state index contributed by atoms with van der Waals surface area (Å²) >= 11 is 0. The third-order valence-corrected chi connectivity index (χ3v) is 9.83. The Morgan fingerprint density at radius 1 is 1.05 bits per heavy atom. The van der Waals surface area contributed by atoms with Gasteiger partial charge in [-0.2, -0.15) is 0 Å². The van der Waals surface area contributed by atoms with Crippen LogP contribution in [-0.2, 0) is 15.9 Å². The second-order valence-corrected chi connectivity index (χ2v) is 12.4. The lowest BCUT2D eigenvalue weighted by Gasteiger charge is -2.45. The lowest BCUT2D eigenvalue weighted by molar-refractivity contribution is 0.0348. The van der Waals surface area contributed by atoms with Crippen LogP contribution in [0.15, 0.2) is 30.3 Å². The van der Waals surface area contributed by atoms with Crippen molar-refractivity contribution >= 4 is 17.9 Å². The van der Waals surface area contributed by atoms with E-state index in [1.807, 2.05) is 47.1 Å². The highest BCUT2D eigenvalue weighted by atomic mass is 16.6. The van der Waals surface area contributed by atoms with Crippen LogP contribution in [0.2, 0.25) is 0 Å². The monoisotopic (exact) mass is 563 g/mol. The zero-order valence-electron chi connectivity index (χ0n) is 24.6. The Bertz CT molecular complexity index is 1180. The Labute approximate surface area is 243 Å². The number of hydrogen-bond acceptors (Lipinski definition) is 6. The molecule has 1 aliphatic carbocycles. The Kier molecular flexibility index (Phi) is 8.51. The van der Waals surface area contributed by atoms with E-state index in [1.165, 1.54) is 32.1 Å². The van der Waals surface area contributed by atoms with E-state index in [9.17, 15) is 9.59 Å². The summed E-state index contributed by atoms with van der Waals surface area (Å²) in [6.45, 7) is 4.26. The van der Waals surface area contributed by atoms with Crippen LogP contribution in [0.25, 0.3) is 0 Å². The predicted octanol–water partition coefficient (Wildman–Crippen LogP) is 5.99. The fourth-order valence-electron chi connectivity index (χ4n) is 7.99. The average Bonchev–Trinajstić information content (AvgIpc) is 3.48. The maximum absolute atomic E-state index is 13.3. The van der Waals surface area contributed by atoms with Crippen molar-refractivity contribution in [1.29, 1.82) is 0 Å². The van der Waals surface area contributed by atoms with Gasteiger partial charge in [0.2, 0.25) is 0 Å². The number of nitrogens with one attached hydrogen (secondary N) is 1. The quantitative estimate of drug-likeness (QED) is 0.445. The molecule has 2 aromatic rings. The number of amides is 2. The first-order valence-electron chi connectivity index (χ1n) is 15.7. The van der Waals surface area contributed by atoms with Gasteiger partial charge in [-0.1, -0.05) is 24.6 Å². The number of aromatic amines is 1. The van der Waals surface area contributed by atoms with E-state index in [0.717, 1.165) is 75.1 Å². The van der Waals surface area contributed by atoms with Gasteiger partial charge >= 0.3 is 12.2 Å². The number of carbonyl (C=O) groups is 2. The van der Waals surface area contributed by atoms with Gasteiger partial charge in [-0.25, -0.2) is 14.6 Å². The Balaban J connectivity index is 1.10. The number of carbonyl (C=O) groups excluding carboxylic acids is 2. The van der Waals surface area contributed by atoms with Crippen LogP contribution in [0.5, 0.6) is 0 Å². The highest BCUT2D eigenvalue weighted by Gasteiger charge is 2.47. The molecule has 0 spiro atoms. The molecule has 9 nitrogen and oxygen atoms in total. The van der Waals surface area contributed by atoms with E-state index >= 15 is 0 Å². The highest BCUT2D eigenvalue weighted by molar-refractivity contribution is 5.87. The van der Waals surface area contributed by atoms with Gasteiger partial charge in [-0.3, -0.25) is 14.7 Å². The van der Waals surface area contributed by atoms with E-state index in [4.69, 9.17) is 14.5 Å². The first-order chi connectivity index (χ1) is 20.0. The molecule has 6 rings (SSSR count). The van der Waals surface area contributed by atoms with Gasteiger partial charge in [0, 0.05) is 49.5 Å². The number of hydrogen-bond donors (Lipinski definition) is 1. The fraction of sp³-hybridized carbons (Fsp3) is 0.656. The average molecular weight is 564 g/mol. The van der Waals surface area contributed by atoms with E-state index in [-0.39, 0.29) is 24.3 Å². The molecule has 3 aliphatic heterocycles. The van der Waals surface area contributed by atoms with Crippen LogP contribution < -0.4 is 4.90 Å². The van der Waals surface area contributed by atoms with Crippen LogP contribution in [-0.4, -0.2) is 76.9 Å². The van der Waals surface area contributed by atoms with E-state index in [1.54, 1.807) is 0 Å². The molecule has 41 heavy (non-hydrogen) atoms. The van der Waals surface area contributed by atoms with Gasteiger partial charge in [0.25, 0.3) is 0 Å². The number of methoxy groups -OCH3 is 1. The Morgan fingerprint density at radius 3 is 2.49 bits per heavy atom. The molecule has 1 saturated carbocycles. The minimum absolute atomic E-state index is 0.0375. The molecule has 4 aliphatic rings. The third-order valence-electron chi connectivity index (χ3n) is 9.83. The van der Waals surface area contributed by atoms with Gasteiger partial charge in [0.1, 0.15) is 11.9 Å². The number of anilines is 1. The molecule has 2 amide bonds. The smallest absolute Gasteiger partial charge is 0.414 e. The number of benzene rings is 1. The SMILES string of the molecule is COC(=O)N1CCc2[nH]c(C)nc2C1C1C[C@H]2CC[C@@H](C1)N2CCCN(C(=O)OC1CCCCC1)c1ccccc1. The number of rotatable bonds is 7. The van der Waals surface area contributed by atoms with Gasteiger partial charge in [-0.15, -0.1) is 0 Å². The summed E-state index contributed by atoms with van der Waals surface area (Å²) in [7, 11) is 1.47. The molecule has 3 fully saturated rings. The third kappa shape index (κ3) is 5.96. The maximum Gasteiger partial charge on any atom is 0.414 e. The topological polar surface area (TPSA) is 91.0 Å². The van der Waals surface area contributed by atoms with Gasteiger partial charge in [0.05, 0.1) is 18.8 Å². The molecule has 0 radical (unpaired) electrons. The molecule has 1 N–H and O–H groups in total. The largest absolute Gasteiger partial charge is 0.453 e. The highest BCUT2D eigenvalue weighted by Crippen LogP contribution is 2.47. The number of fused-ring (bicyclic) bond motifs is 3. The molecular weight excluding hydrogens is 518 g/mol. The van der Waals surface area contributed by atoms with Crippen LogP contribution in [0, 0.1) is 12.8 Å². The van der Waals surface area contributed by atoms with Gasteiger partial charge in [-0.05, 0) is 82.8 Å². The summed E-state index contributed by atoms with van der Waals surface area (Å²) in [6, 6.07) is 10.9. The van der Waals surface area contributed by atoms with Crippen molar-refractivity contribution < 1.29 is 19.1 Å². The number of H-pyrrole nitrogens is 1. The normalized spacial score (nSPS) is 26.4. The van der Waals surface area contributed by atoms with Crippen LogP contribution >= 0.6 is 0 Å². The van der Waals surface area contributed by atoms with E-state index in [2.05, 4.69) is 9.88 Å². The first kappa shape index (κ1) is 28.1. The zero-order chi connectivity index (χ0) is 28.3. The maximum atomic E-state index is 13.3. The van der Waals surface area contributed by atoms with Crippen molar-refractivity contribution in [2.75, 3.05) is 31.6 Å². The lowest BCUT2D eigenvalue weighted by atomic mass is 9.80. The minimum Gasteiger partial charge on any atom is -0.453 e. The summed E-state index contributed by atoms with van der Waals surface area (Å²) in [6.07, 6.45) is 11.2. The second-order valence-electron chi connectivity index (χ2n) is 12.4. The Morgan fingerprint density at radius 2 is 1.78 bits per heavy atom. The number of ether oxygens (including phenoxy) is 2. The number of para-hydroxylation sites is 1. The summed E-state index contributed by atoms with van der Waals surface area (Å²) in [5, 5.41) is 0. The van der Waals surface area contributed by atoms with Gasteiger partial charge in [0.15, 0.2) is 0 Å². The van der Waals surface area contributed by atoms with Crippen molar-refractivity contribution in [3.63, 3.8) is 0 Å². The molecule has 2 unspecified atom stereocenters. The predicted molar refractivity (Wildman–Crippen MR) is 157 cm³/mol. The van der Waals surface area contributed by atoms with Crippen molar-refractivity contribution in [3.05, 3.63) is 47.5 Å². The molecule has 2 bridgehead atoms. The van der Waals surface area contributed by atoms with Crippen molar-refractivity contribution in [1.82, 2.24) is 19.8 Å². The number of aryl methyl sites for hydroxylation is 1. The number of aromatic nitrogens is 2. The standard InChI is InChI=1S/C32H45N5O4/c1-22-33-28-16-19-37(31(38)40-2)30(29(28)34-22)23-20-25-14-15-26(21-23)35(25)17-9-18-36(24-10-5-3-6-11-24)32(39)41-27-12-7-4-8-13-27/h3,5-6,10-11,23,25-27,30H,4,7-9,12-21H2,1-2H3,(H,33,34)/t23?,25-,26+,30?. The molecule has 222 valence electrons. The number of imidazole rings is 1. The van der Waals surface area contributed by atoms with E-state index in [0.29, 0.717) is 31.1 Å². The van der Waals surface area contributed by atoms with Crippen LogP contribution in [0.4, 0.5) is 15.3 Å².